The number of hydrogen-bond acceptors (Lipinski definition) is 4. The van der Waals surface area contributed by atoms with E-state index in [1.54, 1.807) is 18.5 Å². The second-order valence-corrected chi connectivity index (χ2v) is 4.31. The van der Waals surface area contributed by atoms with Gasteiger partial charge in [-0.2, -0.15) is 0 Å². The number of ether oxygens (including phenoxy) is 2. The van der Waals surface area contributed by atoms with Crippen LogP contribution in [0.25, 0.3) is 0 Å². The molecule has 0 amide bonds. The third-order valence-corrected chi connectivity index (χ3v) is 2.92. The summed E-state index contributed by atoms with van der Waals surface area (Å²) in [5.74, 6) is 1.39. The van der Waals surface area contributed by atoms with Crippen molar-refractivity contribution in [2.24, 2.45) is 0 Å². The highest BCUT2D eigenvalue weighted by atomic mass is 16.7. The van der Waals surface area contributed by atoms with Crippen molar-refractivity contribution in [3.8, 4) is 11.5 Å². The lowest BCUT2D eigenvalue weighted by Gasteiger charge is -2.12. The normalized spacial score (nSPS) is 14.6. The standard InChI is InChI=1S/C14H13NO3/c1-9-4-11(7-15-6-9)14(16)10-2-3-12-13(5-10)18-8-17-12/h2-7,14,16H,8H2,1H3. The highest BCUT2D eigenvalue weighted by Crippen LogP contribution is 2.35. The molecule has 1 unspecified atom stereocenters. The Morgan fingerprint density at radius 2 is 1.94 bits per heavy atom. The molecule has 0 radical (unpaired) electrons. The average Bonchev–Trinajstić information content (AvgIpc) is 2.85. The molecule has 0 saturated heterocycles. The Balaban J connectivity index is 1.95. The van der Waals surface area contributed by atoms with E-state index in [0.29, 0.717) is 11.5 Å². The Morgan fingerprint density at radius 1 is 1.11 bits per heavy atom. The Hall–Kier alpha value is -2.07. The molecule has 1 aliphatic heterocycles. The topological polar surface area (TPSA) is 51.6 Å². The van der Waals surface area contributed by atoms with Crippen LogP contribution in [-0.4, -0.2) is 16.9 Å². The van der Waals surface area contributed by atoms with Gasteiger partial charge in [-0.05, 0) is 30.2 Å². The van der Waals surface area contributed by atoms with Crippen molar-refractivity contribution < 1.29 is 14.6 Å². The predicted molar refractivity (Wildman–Crippen MR) is 65.6 cm³/mol. The van der Waals surface area contributed by atoms with Crippen LogP contribution >= 0.6 is 0 Å². The van der Waals surface area contributed by atoms with Gasteiger partial charge in [-0.15, -0.1) is 0 Å². The van der Waals surface area contributed by atoms with Gasteiger partial charge < -0.3 is 14.6 Å². The Labute approximate surface area is 105 Å². The molecule has 0 bridgehead atoms. The van der Waals surface area contributed by atoms with Crippen LogP contribution in [0.5, 0.6) is 11.5 Å². The summed E-state index contributed by atoms with van der Waals surface area (Å²) in [5, 5.41) is 10.3. The van der Waals surface area contributed by atoms with Crippen LogP contribution in [0.3, 0.4) is 0 Å². The van der Waals surface area contributed by atoms with Gasteiger partial charge in [0, 0.05) is 18.0 Å². The van der Waals surface area contributed by atoms with Crippen LogP contribution in [0.15, 0.2) is 36.7 Å². The molecule has 1 aliphatic rings. The second kappa shape index (κ2) is 4.31. The summed E-state index contributed by atoms with van der Waals surface area (Å²) < 4.78 is 10.5. The monoisotopic (exact) mass is 243 g/mol. The van der Waals surface area contributed by atoms with Crippen molar-refractivity contribution in [2.75, 3.05) is 6.79 Å². The van der Waals surface area contributed by atoms with Gasteiger partial charge in [0.05, 0.1) is 0 Å². The minimum absolute atomic E-state index is 0.237. The van der Waals surface area contributed by atoms with Crippen molar-refractivity contribution >= 4 is 0 Å². The molecule has 2 heterocycles. The number of aliphatic hydroxyl groups excluding tert-OH is 1. The summed E-state index contributed by atoms with van der Waals surface area (Å²) in [6, 6.07) is 7.36. The van der Waals surface area contributed by atoms with Gasteiger partial charge in [0.2, 0.25) is 6.79 Å². The lowest BCUT2D eigenvalue weighted by atomic mass is 10.0. The lowest BCUT2D eigenvalue weighted by Crippen LogP contribution is -2.00. The molecule has 3 rings (SSSR count). The summed E-state index contributed by atoms with van der Waals surface area (Å²) in [7, 11) is 0. The van der Waals surface area contributed by atoms with E-state index in [2.05, 4.69) is 4.98 Å². The summed E-state index contributed by atoms with van der Waals surface area (Å²) in [4.78, 5) is 4.09. The van der Waals surface area contributed by atoms with E-state index in [-0.39, 0.29) is 6.79 Å². The summed E-state index contributed by atoms with van der Waals surface area (Å²) in [5.41, 5.74) is 2.56. The lowest BCUT2D eigenvalue weighted by molar-refractivity contribution is 0.173. The molecular formula is C14H13NO3. The maximum absolute atomic E-state index is 10.3. The predicted octanol–water partition coefficient (Wildman–Crippen LogP) is 2.20. The van der Waals surface area contributed by atoms with E-state index < -0.39 is 6.10 Å². The third kappa shape index (κ3) is 1.91. The van der Waals surface area contributed by atoms with Crippen LogP contribution in [0, 0.1) is 6.92 Å². The number of nitrogens with zero attached hydrogens (tertiary/aromatic N) is 1. The number of benzene rings is 1. The van der Waals surface area contributed by atoms with Crippen molar-refractivity contribution in [1.82, 2.24) is 4.98 Å². The first-order valence-electron chi connectivity index (χ1n) is 5.73. The van der Waals surface area contributed by atoms with Crippen molar-refractivity contribution in [2.45, 2.75) is 13.0 Å². The number of aromatic nitrogens is 1. The number of pyridine rings is 1. The molecule has 4 nitrogen and oxygen atoms in total. The summed E-state index contributed by atoms with van der Waals surface area (Å²) in [6.07, 6.45) is 2.73. The maximum atomic E-state index is 10.3. The molecule has 0 fully saturated rings. The number of aryl methyl sites for hydroxylation is 1. The van der Waals surface area contributed by atoms with Crippen molar-refractivity contribution in [3.63, 3.8) is 0 Å². The average molecular weight is 243 g/mol. The maximum Gasteiger partial charge on any atom is 0.231 e. The first-order chi connectivity index (χ1) is 8.74. The van der Waals surface area contributed by atoms with Gasteiger partial charge in [-0.25, -0.2) is 0 Å². The number of hydrogen-bond donors (Lipinski definition) is 1. The summed E-state index contributed by atoms with van der Waals surface area (Å²) in [6.45, 7) is 2.18. The largest absolute Gasteiger partial charge is 0.454 e. The van der Waals surface area contributed by atoms with E-state index in [9.17, 15) is 5.11 Å². The minimum Gasteiger partial charge on any atom is -0.454 e. The molecular weight excluding hydrogens is 230 g/mol. The smallest absolute Gasteiger partial charge is 0.231 e. The third-order valence-electron chi connectivity index (χ3n) is 2.92. The second-order valence-electron chi connectivity index (χ2n) is 4.31. The summed E-state index contributed by atoms with van der Waals surface area (Å²) >= 11 is 0. The SMILES string of the molecule is Cc1cncc(C(O)c2ccc3c(c2)OCO3)c1. The molecule has 1 aromatic carbocycles. The molecule has 1 aromatic heterocycles. The molecule has 0 saturated carbocycles. The van der Waals surface area contributed by atoms with Gasteiger partial charge in [0.15, 0.2) is 11.5 Å². The van der Waals surface area contributed by atoms with E-state index in [4.69, 9.17) is 9.47 Å². The number of rotatable bonds is 2. The minimum atomic E-state index is -0.702. The highest BCUT2D eigenvalue weighted by Gasteiger charge is 2.17. The first kappa shape index (κ1) is 11.0. The molecule has 18 heavy (non-hydrogen) atoms. The van der Waals surface area contributed by atoms with Crippen LogP contribution in [0.1, 0.15) is 22.8 Å². The zero-order valence-electron chi connectivity index (χ0n) is 9.96. The Kier molecular flexibility index (Phi) is 2.64. The fourth-order valence-electron chi connectivity index (χ4n) is 2.00. The number of aliphatic hydroxyl groups is 1. The molecule has 0 aliphatic carbocycles. The molecule has 4 heteroatoms. The Bertz CT molecular complexity index is 583. The Morgan fingerprint density at radius 3 is 2.78 bits per heavy atom. The van der Waals surface area contributed by atoms with Gasteiger partial charge in [-0.3, -0.25) is 4.98 Å². The zero-order valence-corrected chi connectivity index (χ0v) is 9.96. The highest BCUT2D eigenvalue weighted by molar-refractivity contribution is 5.46. The van der Waals surface area contributed by atoms with Crippen LogP contribution in [0.2, 0.25) is 0 Å². The van der Waals surface area contributed by atoms with Crippen LogP contribution in [0.4, 0.5) is 0 Å². The molecule has 0 spiro atoms. The van der Waals surface area contributed by atoms with Gasteiger partial charge in [0.1, 0.15) is 6.10 Å². The molecule has 92 valence electrons. The van der Waals surface area contributed by atoms with E-state index >= 15 is 0 Å². The molecule has 1 atom stereocenters. The zero-order chi connectivity index (χ0) is 12.5. The van der Waals surface area contributed by atoms with Crippen LogP contribution < -0.4 is 9.47 Å². The van der Waals surface area contributed by atoms with E-state index in [0.717, 1.165) is 16.7 Å². The van der Waals surface area contributed by atoms with Crippen molar-refractivity contribution in [3.05, 3.63) is 53.3 Å². The van der Waals surface area contributed by atoms with Gasteiger partial charge in [0.25, 0.3) is 0 Å². The van der Waals surface area contributed by atoms with Gasteiger partial charge >= 0.3 is 0 Å². The molecule has 2 aromatic rings. The number of fused-ring (bicyclic) bond motifs is 1. The fourth-order valence-corrected chi connectivity index (χ4v) is 2.00. The van der Waals surface area contributed by atoms with Crippen molar-refractivity contribution in [1.29, 1.82) is 0 Å². The van der Waals surface area contributed by atoms with E-state index in [1.165, 1.54) is 0 Å². The van der Waals surface area contributed by atoms with E-state index in [1.807, 2.05) is 25.1 Å². The van der Waals surface area contributed by atoms with Crippen LogP contribution in [-0.2, 0) is 0 Å². The quantitative estimate of drug-likeness (QED) is 0.878. The fraction of sp³-hybridized carbons (Fsp3) is 0.214. The van der Waals surface area contributed by atoms with Gasteiger partial charge in [-0.1, -0.05) is 12.1 Å². The first-order valence-corrected chi connectivity index (χ1v) is 5.73. The molecule has 1 N–H and O–H groups in total.